The van der Waals surface area contributed by atoms with Gasteiger partial charge in [-0.25, -0.2) is 0 Å². The van der Waals surface area contributed by atoms with Crippen molar-refractivity contribution < 1.29 is 14.2 Å². The monoisotopic (exact) mass is 244 g/mol. The molecule has 0 aliphatic carbocycles. The van der Waals surface area contributed by atoms with Crippen molar-refractivity contribution in [1.29, 1.82) is 0 Å². The highest BCUT2D eigenvalue weighted by molar-refractivity contribution is 5.68. The van der Waals surface area contributed by atoms with Crippen molar-refractivity contribution in [1.82, 2.24) is 0 Å². The second-order valence-electron chi connectivity index (χ2n) is 3.83. The Morgan fingerprint density at radius 3 is 1.72 bits per heavy atom. The van der Waals surface area contributed by atoms with Crippen molar-refractivity contribution in [2.75, 3.05) is 21.3 Å². The lowest BCUT2D eigenvalue weighted by atomic mass is 10.0. The summed E-state index contributed by atoms with van der Waals surface area (Å²) in [5.41, 5.74) is 2.09. The van der Waals surface area contributed by atoms with Gasteiger partial charge in [0.15, 0.2) is 0 Å². The molecule has 94 valence electrons. The average Bonchev–Trinajstić information content (AvgIpc) is 2.46. The van der Waals surface area contributed by atoms with Crippen LogP contribution in [0.15, 0.2) is 42.5 Å². The van der Waals surface area contributed by atoms with Gasteiger partial charge in [0, 0.05) is 6.07 Å². The topological polar surface area (TPSA) is 27.7 Å². The highest BCUT2D eigenvalue weighted by atomic mass is 16.5. The molecule has 0 aliphatic rings. The van der Waals surface area contributed by atoms with E-state index in [1.165, 1.54) is 0 Å². The summed E-state index contributed by atoms with van der Waals surface area (Å²) in [4.78, 5) is 0. The third-order valence-corrected chi connectivity index (χ3v) is 2.75. The number of rotatable bonds is 4. The molecule has 0 heterocycles. The van der Waals surface area contributed by atoms with Gasteiger partial charge < -0.3 is 14.2 Å². The van der Waals surface area contributed by atoms with Crippen LogP contribution < -0.4 is 14.2 Å². The molecule has 0 bridgehead atoms. The Morgan fingerprint density at radius 2 is 1.17 bits per heavy atom. The third-order valence-electron chi connectivity index (χ3n) is 2.75. The van der Waals surface area contributed by atoms with E-state index in [0.717, 1.165) is 28.4 Å². The standard InChI is InChI=1S/C15H16O3/c1-16-13-6-4-5-11(7-13)12-8-14(17-2)10-15(9-12)18-3/h4-10H,1-3H3. The highest BCUT2D eigenvalue weighted by Crippen LogP contribution is 2.31. The van der Waals surface area contributed by atoms with E-state index in [2.05, 4.69) is 0 Å². The fourth-order valence-corrected chi connectivity index (χ4v) is 1.78. The zero-order valence-corrected chi connectivity index (χ0v) is 10.8. The lowest BCUT2D eigenvalue weighted by Gasteiger charge is -2.09. The second-order valence-corrected chi connectivity index (χ2v) is 3.83. The van der Waals surface area contributed by atoms with Crippen molar-refractivity contribution in [3.63, 3.8) is 0 Å². The van der Waals surface area contributed by atoms with Crippen molar-refractivity contribution in [2.24, 2.45) is 0 Å². The summed E-state index contributed by atoms with van der Waals surface area (Å²) in [6.07, 6.45) is 0. The second kappa shape index (κ2) is 5.45. The van der Waals surface area contributed by atoms with Crippen molar-refractivity contribution in [3.05, 3.63) is 42.5 Å². The third kappa shape index (κ3) is 2.56. The molecule has 0 aliphatic heterocycles. The number of methoxy groups -OCH3 is 3. The Kier molecular flexibility index (Phi) is 3.72. The molecular formula is C15H16O3. The zero-order valence-electron chi connectivity index (χ0n) is 10.8. The first-order valence-electron chi connectivity index (χ1n) is 5.64. The highest BCUT2D eigenvalue weighted by Gasteiger charge is 2.05. The molecule has 2 aromatic rings. The number of ether oxygens (including phenoxy) is 3. The van der Waals surface area contributed by atoms with Crippen LogP contribution in [-0.2, 0) is 0 Å². The minimum atomic E-state index is 0.771. The Labute approximate surface area is 107 Å². The first-order chi connectivity index (χ1) is 8.76. The smallest absolute Gasteiger partial charge is 0.123 e. The van der Waals surface area contributed by atoms with Crippen LogP contribution in [0, 0.1) is 0 Å². The summed E-state index contributed by atoms with van der Waals surface area (Å²) in [5, 5.41) is 0. The van der Waals surface area contributed by atoms with E-state index < -0.39 is 0 Å². The lowest BCUT2D eigenvalue weighted by molar-refractivity contribution is 0.394. The summed E-state index contributed by atoms with van der Waals surface area (Å²) in [7, 11) is 4.94. The van der Waals surface area contributed by atoms with Gasteiger partial charge in [0.1, 0.15) is 17.2 Å². The zero-order chi connectivity index (χ0) is 13.0. The first-order valence-corrected chi connectivity index (χ1v) is 5.64. The van der Waals surface area contributed by atoms with Gasteiger partial charge in [0.2, 0.25) is 0 Å². The minimum absolute atomic E-state index is 0.771. The van der Waals surface area contributed by atoms with Crippen LogP contribution >= 0.6 is 0 Å². The van der Waals surface area contributed by atoms with Gasteiger partial charge in [0.25, 0.3) is 0 Å². The van der Waals surface area contributed by atoms with Gasteiger partial charge >= 0.3 is 0 Å². The Hall–Kier alpha value is -2.16. The molecule has 2 rings (SSSR count). The minimum Gasteiger partial charge on any atom is -0.497 e. The summed E-state index contributed by atoms with van der Waals surface area (Å²) in [6, 6.07) is 13.7. The molecule has 0 radical (unpaired) electrons. The molecule has 0 spiro atoms. The summed E-state index contributed by atoms with van der Waals surface area (Å²) in [5.74, 6) is 2.37. The van der Waals surface area contributed by atoms with Gasteiger partial charge in [0.05, 0.1) is 21.3 Å². The van der Waals surface area contributed by atoms with Crippen LogP contribution in [0.4, 0.5) is 0 Å². The molecule has 0 saturated carbocycles. The van der Waals surface area contributed by atoms with Gasteiger partial charge in [-0.3, -0.25) is 0 Å². The molecule has 0 N–H and O–H groups in total. The van der Waals surface area contributed by atoms with Gasteiger partial charge in [-0.15, -0.1) is 0 Å². The molecular weight excluding hydrogens is 228 g/mol. The van der Waals surface area contributed by atoms with Gasteiger partial charge in [-0.1, -0.05) is 12.1 Å². The number of hydrogen-bond donors (Lipinski definition) is 0. The van der Waals surface area contributed by atoms with E-state index in [9.17, 15) is 0 Å². The van der Waals surface area contributed by atoms with E-state index in [0.29, 0.717) is 0 Å². The quantitative estimate of drug-likeness (QED) is 0.825. The summed E-state index contributed by atoms with van der Waals surface area (Å²) < 4.78 is 15.8. The molecule has 0 saturated heterocycles. The summed E-state index contributed by atoms with van der Waals surface area (Å²) >= 11 is 0. The Balaban J connectivity index is 2.48. The molecule has 3 nitrogen and oxygen atoms in total. The van der Waals surface area contributed by atoms with Crippen LogP contribution in [0.3, 0.4) is 0 Å². The first kappa shape index (κ1) is 12.3. The van der Waals surface area contributed by atoms with Crippen LogP contribution in [0.5, 0.6) is 17.2 Å². The van der Waals surface area contributed by atoms with Crippen LogP contribution in [0.2, 0.25) is 0 Å². The lowest BCUT2D eigenvalue weighted by Crippen LogP contribution is -1.89. The normalized spacial score (nSPS) is 9.94. The van der Waals surface area contributed by atoms with E-state index >= 15 is 0 Å². The maximum atomic E-state index is 5.26. The van der Waals surface area contributed by atoms with Crippen molar-refractivity contribution in [3.8, 4) is 28.4 Å². The van der Waals surface area contributed by atoms with E-state index in [1.54, 1.807) is 21.3 Å². The summed E-state index contributed by atoms with van der Waals surface area (Å²) in [6.45, 7) is 0. The van der Waals surface area contributed by atoms with Gasteiger partial charge in [-0.05, 0) is 35.4 Å². The number of benzene rings is 2. The molecule has 0 amide bonds. The van der Waals surface area contributed by atoms with Gasteiger partial charge in [-0.2, -0.15) is 0 Å². The average molecular weight is 244 g/mol. The molecule has 2 aromatic carbocycles. The van der Waals surface area contributed by atoms with Crippen LogP contribution in [-0.4, -0.2) is 21.3 Å². The predicted molar refractivity (Wildman–Crippen MR) is 71.5 cm³/mol. The van der Waals surface area contributed by atoms with Crippen molar-refractivity contribution in [2.45, 2.75) is 0 Å². The van der Waals surface area contributed by atoms with E-state index in [1.807, 2.05) is 42.5 Å². The largest absolute Gasteiger partial charge is 0.497 e. The Bertz CT molecular complexity index is 513. The van der Waals surface area contributed by atoms with Crippen LogP contribution in [0.1, 0.15) is 0 Å². The van der Waals surface area contributed by atoms with E-state index in [4.69, 9.17) is 14.2 Å². The molecule has 0 atom stereocenters. The molecule has 0 unspecified atom stereocenters. The van der Waals surface area contributed by atoms with E-state index in [-0.39, 0.29) is 0 Å². The molecule has 3 heteroatoms. The fraction of sp³-hybridized carbons (Fsp3) is 0.200. The Morgan fingerprint density at radius 1 is 0.611 bits per heavy atom. The van der Waals surface area contributed by atoms with Crippen LogP contribution in [0.25, 0.3) is 11.1 Å². The molecule has 0 aromatic heterocycles. The maximum Gasteiger partial charge on any atom is 0.123 e. The number of hydrogen-bond acceptors (Lipinski definition) is 3. The predicted octanol–water partition coefficient (Wildman–Crippen LogP) is 3.38. The SMILES string of the molecule is COc1cccc(-c2cc(OC)cc(OC)c2)c1. The molecule has 18 heavy (non-hydrogen) atoms. The molecule has 0 fully saturated rings. The van der Waals surface area contributed by atoms with Crippen molar-refractivity contribution >= 4 is 0 Å². The maximum absolute atomic E-state index is 5.26. The fourth-order valence-electron chi connectivity index (χ4n) is 1.78.